The van der Waals surface area contributed by atoms with Crippen LogP contribution >= 0.6 is 0 Å². The van der Waals surface area contributed by atoms with Crippen LogP contribution in [0, 0.1) is 5.92 Å². The largest absolute Gasteiger partial charge is 0.454 e. The Bertz CT molecular complexity index is 660. The molecule has 0 aliphatic carbocycles. The van der Waals surface area contributed by atoms with Crippen LogP contribution in [-0.4, -0.2) is 49.7 Å². The Morgan fingerprint density at radius 1 is 1.36 bits per heavy atom. The molecule has 2 N–H and O–H groups in total. The Balaban J connectivity index is 1.50. The smallest absolute Gasteiger partial charge is 0.231 e. The lowest BCUT2D eigenvalue weighted by Crippen LogP contribution is -2.45. The van der Waals surface area contributed by atoms with Gasteiger partial charge in [-0.2, -0.15) is 0 Å². The van der Waals surface area contributed by atoms with Gasteiger partial charge in [0.15, 0.2) is 17.5 Å². The number of hydrogen-bond donors (Lipinski definition) is 2. The predicted molar refractivity (Wildman–Crippen MR) is 95.7 cm³/mol. The number of aliphatic imine (C=N–C) groups is 1. The fraction of sp³-hybridized carbons (Fsp3) is 0.556. The lowest BCUT2D eigenvalue weighted by Gasteiger charge is -2.20. The summed E-state index contributed by atoms with van der Waals surface area (Å²) in [6.07, 6.45) is 0.934. The van der Waals surface area contributed by atoms with Crippen molar-refractivity contribution in [2.45, 2.75) is 32.9 Å². The molecule has 0 radical (unpaired) electrons. The summed E-state index contributed by atoms with van der Waals surface area (Å²) in [6, 6.07) is 6.13. The molecular weight excluding hydrogens is 320 g/mol. The summed E-state index contributed by atoms with van der Waals surface area (Å²) < 4.78 is 10.7. The van der Waals surface area contributed by atoms with E-state index in [2.05, 4.69) is 15.6 Å². The van der Waals surface area contributed by atoms with Gasteiger partial charge >= 0.3 is 0 Å². The first-order chi connectivity index (χ1) is 12.1. The number of hydrogen-bond acceptors (Lipinski definition) is 4. The molecule has 136 valence electrons. The van der Waals surface area contributed by atoms with Crippen molar-refractivity contribution < 1.29 is 14.3 Å². The maximum atomic E-state index is 12.1. The number of fused-ring (bicyclic) bond motifs is 1. The monoisotopic (exact) mass is 346 g/mol. The summed E-state index contributed by atoms with van der Waals surface area (Å²) in [4.78, 5) is 18.3. The van der Waals surface area contributed by atoms with E-state index >= 15 is 0 Å². The predicted octanol–water partition coefficient (Wildman–Crippen LogP) is 1.34. The number of amides is 1. The summed E-state index contributed by atoms with van der Waals surface area (Å²) >= 11 is 0. The van der Waals surface area contributed by atoms with Crippen LogP contribution in [0.5, 0.6) is 11.5 Å². The minimum atomic E-state index is 0.0437. The zero-order valence-corrected chi connectivity index (χ0v) is 15.0. The van der Waals surface area contributed by atoms with Crippen LogP contribution < -0.4 is 20.1 Å². The topological polar surface area (TPSA) is 75.2 Å². The van der Waals surface area contributed by atoms with E-state index in [1.165, 1.54) is 0 Å². The molecule has 0 saturated carbocycles. The van der Waals surface area contributed by atoms with Gasteiger partial charge in [0.1, 0.15) is 0 Å². The van der Waals surface area contributed by atoms with E-state index in [1.54, 1.807) is 7.05 Å². The van der Waals surface area contributed by atoms with Crippen LogP contribution in [0.15, 0.2) is 23.2 Å². The zero-order valence-electron chi connectivity index (χ0n) is 15.0. The number of guanidine groups is 1. The Labute approximate surface area is 148 Å². The molecule has 1 atom stereocenters. The van der Waals surface area contributed by atoms with Gasteiger partial charge in [0.05, 0.1) is 0 Å². The van der Waals surface area contributed by atoms with Crippen molar-refractivity contribution in [3.8, 4) is 11.5 Å². The second-order valence-electron chi connectivity index (χ2n) is 6.68. The molecule has 25 heavy (non-hydrogen) atoms. The molecule has 2 aliphatic rings. The summed E-state index contributed by atoms with van der Waals surface area (Å²) in [5, 5.41) is 6.71. The van der Waals surface area contributed by atoms with Crippen molar-refractivity contribution in [3.63, 3.8) is 0 Å². The van der Waals surface area contributed by atoms with Crippen LogP contribution in [0.1, 0.15) is 25.8 Å². The van der Waals surface area contributed by atoms with Crippen molar-refractivity contribution >= 4 is 11.9 Å². The molecule has 0 spiro atoms. The molecule has 1 fully saturated rings. The second-order valence-corrected chi connectivity index (χ2v) is 6.68. The lowest BCUT2D eigenvalue weighted by atomic mass is 10.2. The Morgan fingerprint density at radius 3 is 2.92 bits per heavy atom. The molecule has 1 unspecified atom stereocenters. The minimum absolute atomic E-state index is 0.0437. The van der Waals surface area contributed by atoms with Crippen molar-refractivity contribution in [1.29, 1.82) is 0 Å². The van der Waals surface area contributed by atoms with Crippen LogP contribution in [0.2, 0.25) is 0 Å². The normalized spacial score (nSPS) is 19.4. The second kappa shape index (κ2) is 7.63. The van der Waals surface area contributed by atoms with Crippen LogP contribution in [-0.2, 0) is 11.3 Å². The Kier molecular flexibility index (Phi) is 5.31. The maximum absolute atomic E-state index is 12.1. The first kappa shape index (κ1) is 17.4. The number of carbonyl (C=O) groups is 1. The average Bonchev–Trinajstić information content (AvgIpc) is 3.26. The molecule has 1 saturated heterocycles. The highest BCUT2D eigenvalue weighted by atomic mass is 16.7. The molecule has 0 bridgehead atoms. The number of nitrogens with zero attached hydrogens (tertiary/aromatic N) is 2. The Morgan fingerprint density at radius 2 is 2.16 bits per heavy atom. The molecule has 1 aromatic rings. The first-order valence-electron chi connectivity index (χ1n) is 8.71. The molecule has 2 heterocycles. The number of likely N-dealkylation sites (tertiary alicyclic amines) is 1. The van der Waals surface area contributed by atoms with Gasteiger partial charge in [0.2, 0.25) is 12.7 Å². The van der Waals surface area contributed by atoms with Gasteiger partial charge in [-0.25, -0.2) is 0 Å². The van der Waals surface area contributed by atoms with Gasteiger partial charge in [-0.15, -0.1) is 0 Å². The molecule has 1 amide bonds. The fourth-order valence-corrected chi connectivity index (χ4v) is 3.07. The average molecular weight is 346 g/mol. The van der Waals surface area contributed by atoms with Crippen LogP contribution in [0.25, 0.3) is 0 Å². The van der Waals surface area contributed by atoms with Crippen molar-refractivity contribution in [2.75, 3.05) is 26.9 Å². The first-order valence-corrected chi connectivity index (χ1v) is 8.71. The lowest BCUT2D eigenvalue weighted by molar-refractivity contribution is -0.133. The third-order valence-electron chi connectivity index (χ3n) is 4.46. The van der Waals surface area contributed by atoms with Crippen molar-refractivity contribution in [3.05, 3.63) is 23.8 Å². The van der Waals surface area contributed by atoms with Gasteiger partial charge < -0.3 is 25.0 Å². The van der Waals surface area contributed by atoms with E-state index in [0.717, 1.165) is 42.5 Å². The quantitative estimate of drug-likeness (QED) is 0.636. The molecule has 3 rings (SSSR count). The van der Waals surface area contributed by atoms with Crippen molar-refractivity contribution in [1.82, 2.24) is 15.5 Å². The molecule has 7 nitrogen and oxygen atoms in total. The highest BCUT2D eigenvalue weighted by molar-refractivity contribution is 5.81. The summed E-state index contributed by atoms with van der Waals surface area (Å²) in [5.41, 5.74) is 1.09. The molecule has 7 heteroatoms. The zero-order chi connectivity index (χ0) is 17.8. The molecule has 1 aromatic carbocycles. The van der Waals surface area contributed by atoms with Gasteiger partial charge in [0, 0.05) is 38.6 Å². The number of carbonyl (C=O) groups excluding carboxylic acids is 1. The van der Waals surface area contributed by atoms with E-state index < -0.39 is 0 Å². The molecular formula is C18H26N4O3. The third kappa shape index (κ3) is 4.15. The number of rotatable bonds is 4. The summed E-state index contributed by atoms with van der Waals surface area (Å²) in [5.74, 6) is 2.56. The Hall–Kier alpha value is -2.44. The van der Waals surface area contributed by atoms with Crippen LogP contribution in [0.4, 0.5) is 0 Å². The van der Waals surface area contributed by atoms with Gasteiger partial charge in [0.25, 0.3) is 0 Å². The number of nitrogens with one attached hydrogen (secondary N) is 2. The number of ether oxygens (including phenoxy) is 2. The van der Waals surface area contributed by atoms with E-state index in [0.29, 0.717) is 6.54 Å². The van der Waals surface area contributed by atoms with Gasteiger partial charge in [-0.3, -0.25) is 9.79 Å². The van der Waals surface area contributed by atoms with Crippen molar-refractivity contribution in [2.24, 2.45) is 10.9 Å². The summed E-state index contributed by atoms with van der Waals surface area (Å²) in [7, 11) is 1.75. The highest BCUT2D eigenvalue weighted by Gasteiger charge is 2.27. The van der Waals surface area contributed by atoms with E-state index in [1.807, 2.05) is 36.9 Å². The highest BCUT2D eigenvalue weighted by Crippen LogP contribution is 2.32. The van der Waals surface area contributed by atoms with Gasteiger partial charge in [-0.05, 0) is 24.1 Å². The summed E-state index contributed by atoms with van der Waals surface area (Å²) in [6.45, 7) is 6.32. The standard InChI is InChI=1S/C18H26N4O3/c1-12(2)17(23)22-7-6-14(10-22)21-18(19-3)20-9-13-4-5-15-16(8-13)25-11-24-15/h4-5,8,12,14H,6-7,9-11H2,1-3H3,(H2,19,20,21). The maximum Gasteiger partial charge on any atom is 0.231 e. The van der Waals surface area contributed by atoms with E-state index in [4.69, 9.17) is 9.47 Å². The van der Waals surface area contributed by atoms with E-state index in [-0.39, 0.29) is 24.7 Å². The SMILES string of the molecule is CN=C(NCc1ccc2c(c1)OCO2)NC1CCN(C(=O)C(C)C)C1. The number of benzene rings is 1. The van der Waals surface area contributed by atoms with Gasteiger partial charge in [-0.1, -0.05) is 19.9 Å². The third-order valence-corrected chi connectivity index (χ3v) is 4.46. The minimum Gasteiger partial charge on any atom is -0.454 e. The fourth-order valence-electron chi connectivity index (χ4n) is 3.07. The van der Waals surface area contributed by atoms with Crippen LogP contribution in [0.3, 0.4) is 0 Å². The van der Waals surface area contributed by atoms with E-state index in [9.17, 15) is 4.79 Å². The molecule has 0 aromatic heterocycles. The molecule has 2 aliphatic heterocycles.